The Morgan fingerprint density at radius 1 is 1.06 bits per heavy atom. The molecule has 0 saturated heterocycles. The van der Waals surface area contributed by atoms with Crippen molar-refractivity contribution in [2.45, 2.75) is 38.8 Å². The molecule has 1 aliphatic heterocycles. The highest BCUT2D eigenvalue weighted by Crippen LogP contribution is 2.34. The summed E-state index contributed by atoms with van der Waals surface area (Å²) < 4.78 is 19.3. The summed E-state index contributed by atoms with van der Waals surface area (Å²) in [4.78, 5) is 36.9. The molecule has 1 amide bonds. The Morgan fingerprint density at radius 2 is 1.82 bits per heavy atom. The molecular formula is C28H26FNO4. The highest BCUT2D eigenvalue weighted by Gasteiger charge is 2.33. The Balaban J connectivity index is 1.44. The molecule has 0 bridgehead atoms. The molecule has 0 aromatic heterocycles. The molecule has 3 aromatic rings. The standard InChI is InChI=1S/C28H26FNO4/c1-2-4-22(18-32)30-16-26-24(5-3-6-25(26)28(30)33)20-9-7-19(8-10-20)13-14-34-23-12-11-21(17-31)27(29)15-23/h3,5-12,15,17-18,22H,2,4,13-14,16H2,1H3. The van der Waals surface area contributed by atoms with Crippen LogP contribution in [0.15, 0.2) is 60.7 Å². The number of hydrogen-bond donors (Lipinski definition) is 0. The van der Waals surface area contributed by atoms with E-state index < -0.39 is 11.9 Å². The van der Waals surface area contributed by atoms with Crippen LogP contribution in [-0.2, 0) is 17.8 Å². The minimum Gasteiger partial charge on any atom is -0.493 e. The van der Waals surface area contributed by atoms with Gasteiger partial charge in [-0.3, -0.25) is 9.59 Å². The largest absolute Gasteiger partial charge is 0.493 e. The summed E-state index contributed by atoms with van der Waals surface area (Å²) in [6, 6.07) is 17.5. The van der Waals surface area contributed by atoms with Gasteiger partial charge < -0.3 is 14.4 Å². The molecule has 0 saturated carbocycles. The lowest BCUT2D eigenvalue weighted by molar-refractivity contribution is -0.112. The smallest absolute Gasteiger partial charge is 0.255 e. The Bertz CT molecular complexity index is 1210. The van der Waals surface area contributed by atoms with E-state index in [1.165, 1.54) is 12.1 Å². The van der Waals surface area contributed by atoms with Crippen molar-refractivity contribution in [2.75, 3.05) is 6.61 Å². The van der Waals surface area contributed by atoms with Gasteiger partial charge in [-0.15, -0.1) is 0 Å². The summed E-state index contributed by atoms with van der Waals surface area (Å²) in [7, 11) is 0. The fourth-order valence-electron chi connectivity index (χ4n) is 4.32. The van der Waals surface area contributed by atoms with Crippen molar-refractivity contribution in [2.24, 2.45) is 0 Å². The molecule has 0 radical (unpaired) electrons. The summed E-state index contributed by atoms with van der Waals surface area (Å²) >= 11 is 0. The van der Waals surface area contributed by atoms with Gasteiger partial charge in [-0.05, 0) is 46.9 Å². The summed E-state index contributed by atoms with van der Waals surface area (Å²) in [6.07, 6.45) is 3.47. The maximum Gasteiger partial charge on any atom is 0.255 e. The van der Waals surface area contributed by atoms with Crippen LogP contribution in [0.4, 0.5) is 4.39 Å². The molecule has 1 atom stereocenters. The number of nitrogens with zero attached hydrogens (tertiary/aromatic N) is 1. The molecule has 3 aromatic carbocycles. The van der Waals surface area contributed by atoms with Gasteiger partial charge >= 0.3 is 0 Å². The Labute approximate surface area is 198 Å². The molecule has 0 N–H and O–H groups in total. The van der Waals surface area contributed by atoms with E-state index in [2.05, 4.69) is 0 Å². The number of benzene rings is 3. The molecule has 1 unspecified atom stereocenters. The minimum atomic E-state index is -0.599. The first-order valence-corrected chi connectivity index (χ1v) is 11.4. The molecule has 1 heterocycles. The number of aldehydes is 2. The number of halogens is 1. The molecule has 0 aliphatic carbocycles. The van der Waals surface area contributed by atoms with Crippen LogP contribution in [0.3, 0.4) is 0 Å². The van der Waals surface area contributed by atoms with E-state index in [0.717, 1.165) is 35.0 Å². The molecule has 174 valence electrons. The molecule has 34 heavy (non-hydrogen) atoms. The monoisotopic (exact) mass is 459 g/mol. The Kier molecular flexibility index (Phi) is 7.16. The molecule has 5 nitrogen and oxygen atoms in total. The second kappa shape index (κ2) is 10.4. The molecule has 0 spiro atoms. The lowest BCUT2D eigenvalue weighted by Gasteiger charge is -2.22. The summed E-state index contributed by atoms with van der Waals surface area (Å²) in [6.45, 7) is 2.81. The van der Waals surface area contributed by atoms with Crippen molar-refractivity contribution in [1.29, 1.82) is 0 Å². The van der Waals surface area contributed by atoms with E-state index >= 15 is 0 Å². The second-order valence-electron chi connectivity index (χ2n) is 8.35. The third-order valence-electron chi connectivity index (χ3n) is 6.16. The zero-order chi connectivity index (χ0) is 24.1. The van der Waals surface area contributed by atoms with Crippen LogP contribution in [0.25, 0.3) is 11.1 Å². The Hall–Kier alpha value is -3.80. The van der Waals surface area contributed by atoms with E-state index in [9.17, 15) is 18.8 Å². The maximum absolute atomic E-state index is 13.7. The van der Waals surface area contributed by atoms with Crippen LogP contribution in [0.5, 0.6) is 5.75 Å². The van der Waals surface area contributed by atoms with Crippen LogP contribution in [0, 0.1) is 5.82 Å². The predicted octanol–water partition coefficient (Wildman–Crippen LogP) is 5.25. The van der Waals surface area contributed by atoms with E-state index in [1.54, 1.807) is 11.0 Å². The van der Waals surface area contributed by atoms with Gasteiger partial charge in [0.1, 0.15) is 17.9 Å². The summed E-state index contributed by atoms with van der Waals surface area (Å²) in [5.41, 5.74) is 4.66. The second-order valence-corrected chi connectivity index (χ2v) is 8.35. The summed E-state index contributed by atoms with van der Waals surface area (Å²) in [5.74, 6) is -0.308. The highest BCUT2D eigenvalue weighted by atomic mass is 19.1. The van der Waals surface area contributed by atoms with Crippen LogP contribution in [0.1, 0.15) is 51.6 Å². The number of carbonyl (C=O) groups excluding carboxylic acids is 3. The number of fused-ring (bicyclic) bond motifs is 1. The first-order valence-electron chi connectivity index (χ1n) is 11.4. The topological polar surface area (TPSA) is 63.7 Å². The quantitative estimate of drug-likeness (QED) is 0.389. The van der Waals surface area contributed by atoms with E-state index in [-0.39, 0.29) is 11.5 Å². The zero-order valence-corrected chi connectivity index (χ0v) is 19.0. The number of amides is 1. The van der Waals surface area contributed by atoms with Crippen LogP contribution < -0.4 is 4.74 Å². The average Bonchev–Trinajstić information content (AvgIpc) is 3.19. The van der Waals surface area contributed by atoms with Gasteiger partial charge in [-0.25, -0.2) is 4.39 Å². The van der Waals surface area contributed by atoms with Gasteiger partial charge in [0.2, 0.25) is 0 Å². The van der Waals surface area contributed by atoms with Crippen molar-refractivity contribution in [3.8, 4) is 16.9 Å². The first kappa shape index (κ1) is 23.4. The first-order chi connectivity index (χ1) is 16.5. The molecule has 6 heteroatoms. The number of hydrogen-bond acceptors (Lipinski definition) is 4. The maximum atomic E-state index is 13.7. The van der Waals surface area contributed by atoms with Gasteiger partial charge in [0.05, 0.1) is 18.2 Å². The number of ether oxygens (including phenoxy) is 1. The van der Waals surface area contributed by atoms with Gasteiger partial charge in [-0.2, -0.15) is 0 Å². The van der Waals surface area contributed by atoms with Crippen LogP contribution >= 0.6 is 0 Å². The fraction of sp³-hybridized carbons (Fsp3) is 0.250. The fourth-order valence-corrected chi connectivity index (χ4v) is 4.32. The van der Waals surface area contributed by atoms with Crippen molar-refractivity contribution in [3.63, 3.8) is 0 Å². The van der Waals surface area contributed by atoms with Crippen LogP contribution in [0.2, 0.25) is 0 Å². The third-order valence-corrected chi connectivity index (χ3v) is 6.16. The number of rotatable bonds is 10. The van der Waals surface area contributed by atoms with Crippen LogP contribution in [-0.4, -0.2) is 36.0 Å². The molecular weight excluding hydrogens is 433 g/mol. The SMILES string of the molecule is CCCC(C=O)N1Cc2c(cccc2-c2ccc(CCOc3ccc(C=O)c(F)c3)cc2)C1=O. The third kappa shape index (κ3) is 4.76. The summed E-state index contributed by atoms with van der Waals surface area (Å²) in [5, 5.41) is 0. The van der Waals surface area contributed by atoms with E-state index in [1.807, 2.05) is 49.4 Å². The normalized spacial score (nSPS) is 13.5. The van der Waals surface area contributed by atoms with Crippen molar-refractivity contribution in [3.05, 3.63) is 88.7 Å². The van der Waals surface area contributed by atoms with Crippen molar-refractivity contribution < 1.29 is 23.5 Å². The molecule has 0 fully saturated rings. The number of carbonyl (C=O) groups is 3. The van der Waals surface area contributed by atoms with Crippen molar-refractivity contribution in [1.82, 2.24) is 4.90 Å². The zero-order valence-electron chi connectivity index (χ0n) is 19.0. The van der Waals surface area contributed by atoms with Gasteiger partial charge in [0.25, 0.3) is 5.91 Å². The average molecular weight is 460 g/mol. The molecule has 4 rings (SSSR count). The van der Waals surface area contributed by atoms with Crippen molar-refractivity contribution >= 4 is 18.5 Å². The van der Waals surface area contributed by atoms with Gasteiger partial charge in [0.15, 0.2) is 6.29 Å². The Morgan fingerprint density at radius 3 is 2.50 bits per heavy atom. The van der Waals surface area contributed by atoms with Gasteiger partial charge in [0, 0.05) is 24.6 Å². The lowest BCUT2D eigenvalue weighted by Crippen LogP contribution is -2.36. The van der Waals surface area contributed by atoms with E-state index in [4.69, 9.17) is 4.74 Å². The van der Waals surface area contributed by atoms with Gasteiger partial charge in [-0.1, -0.05) is 49.7 Å². The van der Waals surface area contributed by atoms with E-state index in [0.29, 0.717) is 43.6 Å². The predicted molar refractivity (Wildman–Crippen MR) is 127 cm³/mol. The highest BCUT2D eigenvalue weighted by molar-refractivity contribution is 6.01. The minimum absolute atomic E-state index is 0.00667. The lowest BCUT2D eigenvalue weighted by atomic mass is 9.96. The molecule has 1 aliphatic rings.